The van der Waals surface area contributed by atoms with E-state index in [1.54, 1.807) is 4.88 Å². The highest BCUT2D eigenvalue weighted by Gasteiger charge is 2.23. The van der Waals surface area contributed by atoms with E-state index >= 15 is 0 Å². The van der Waals surface area contributed by atoms with Crippen molar-refractivity contribution in [3.63, 3.8) is 0 Å². The Morgan fingerprint density at radius 2 is 2.38 bits per heavy atom. The molecule has 0 aliphatic heterocycles. The Bertz CT molecular complexity index is 291. The monoisotopic (exact) mass is 259 g/mol. The summed E-state index contributed by atoms with van der Waals surface area (Å²) < 4.78 is 1.33. The van der Waals surface area contributed by atoms with Crippen molar-refractivity contribution in [3.05, 3.63) is 20.3 Å². The van der Waals surface area contributed by atoms with Crippen molar-refractivity contribution < 1.29 is 0 Å². The van der Waals surface area contributed by atoms with Gasteiger partial charge in [-0.15, -0.1) is 11.3 Å². The molecule has 1 aromatic rings. The van der Waals surface area contributed by atoms with Gasteiger partial charge in [-0.1, -0.05) is 6.42 Å². The first kappa shape index (κ1) is 9.69. The summed E-state index contributed by atoms with van der Waals surface area (Å²) in [6.07, 6.45) is 4.19. The molecule has 1 aliphatic rings. The molecule has 1 fully saturated rings. The standard InChI is InChI=1S/C10H14BrNS/c1-12-6-8-5-9(11)10(13-8)7-3-2-4-7/h5,7,12H,2-4,6H2,1H3. The Balaban J connectivity index is 2.15. The quantitative estimate of drug-likeness (QED) is 0.877. The zero-order valence-electron chi connectivity index (χ0n) is 7.77. The Morgan fingerprint density at radius 1 is 1.62 bits per heavy atom. The Hall–Kier alpha value is 0.140. The first-order valence-electron chi connectivity index (χ1n) is 4.74. The second kappa shape index (κ2) is 4.11. The molecule has 2 rings (SSSR count). The van der Waals surface area contributed by atoms with Gasteiger partial charge in [0.15, 0.2) is 0 Å². The van der Waals surface area contributed by atoms with E-state index in [0.29, 0.717) is 0 Å². The van der Waals surface area contributed by atoms with Gasteiger partial charge >= 0.3 is 0 Å². The van der Waals surface area contributed by atoms with Crippen LogP contribution in [0.1, 0.15) is 34.9 Å². The van der Waals surface area contributed by atoms with Gasteiger partial charge in [0.25, 0.3) is 0 Å². The maximum absolute atomic E-state index is 3.65. The Kier molecular flexibility index (Phi) is 3.06. The van der Waals surface area contributed by atoms with E-state index in [1.165, 1.54) is 28.6 Å². The highest BCUT2D eigenvalue weighted by Crippen LogP contribution is 2.43. The molecule has 1 heterocycles. The van der Waals surface area contributed by atoms with Crippen LogP contribution >= 0.6 is 27.3 Å². The predicted molar refractivity (Wildman–Crippen MR) is 61.4 cm³/mol. The van der Waals surface area contributed by atoms with Crippen LogP contribution < -0.4 is 5.32 Å². The van der Waals surface area contributed by atoms with Gasteiger partial charge in [0, 0.05) is 20.8 Å². The molecule has 1 nitrogen and oxygen atoms in total. The van der Waals surface area contributed by atoms with E-state index in [4.69, 9.17) is 0 Å². The molecule has 1 aromatic heterocycles. The molecule has 13 heavy (non-hydrogen) atoms. The fourth-order valence-corrected chi connectivity index (χ4v) is 3.87. The summed E-state index contributed by atoms with van der Waals surface area (Å²) in [5.74, 6) is 0.852. The van der Waals surface area contributed by atoms with Gasteiger partial charge in [-0.25, -0.2) is 0 Å². The summed E-state index contributed by atoms with van der Waals surface area (Å²) in [6.45, 7) is 0.996. The molecule has 1 N–H and O–H groups in total. The molecular formula is C10H14BrNS. The van der Waals surface area contributed by atoms with Gasteiger partial charge in [0.2, 0.25) is 0 Å². The SMILES string of the molecule is CNCc1cc(Br)c(C2CCC2)s1. The first-order valence-corrected chi connectivity index (χ1v) is 6.35. The summed E-state index contributed by atoms with van der Waals surface area (Å²) in [7, 11) is 2.00. The van der Waals surface area contributed by atoms with Gasteiger partial charge in [-0.2, -0.15) is 0 Å². The summed E-state index contributed by atoms with van der Waals surface area (Å²) in [5.41, 5.74) is 0. The first-order chi connectivity index (χ1) is 6.31. The maximum atomic E-state index is 3.65. The Labute approximate surface area is 91.7 Å². The minimum absolute atomic E-state index is 0.852. The molecule has 1 saturated carbocycles. The van der Waals surface area contributed by atoms with Crippen molar-refractivity contribution in [3.8, 4) is 0 Å². The second-order valence-electron chi connectivity index (χ2n) is 3.58. The number of rotatable bonds is 3. The summed E-state index contributed by atoms with van der Waals surface area (Å²) >= 11 is 5.60. The molecule has 0 atom stereocenters. The van der Waals surface area contributed by atoms with E-state index < -0.39 is 0 Å². The molecule has 0 bridgehead atoms. The highest BCUT2D eigenvalue weighted by molar-refractivity contribution is 9.10. The normalized spacial score (nSPS) is 17.4. The fraction of sp³-hybridized carbons (Fsp3) is 0.600. The molecular weight excluding hydrogens is 246 g/mol. The van der Waals surface area contributed by atoms with Crippen LogP contribution in [0.5, 0.6) is 0 Å². The van der Waals surface area contributed by atoms with Crippen molar-refractivity contribution in [2.45, 2.75) is 31.7 Å². The van der Waals surface area contributed by atoms with Crippen molar-refractivity contribution in [2.75, 3.05) is 7.05 Å². The number of thiophene rings is 1. The third-order valence-corrected chi connectivity index (χ3v) is 4.81. The van der Waals surface area contributed by atoms with Crippen molar-refractivity contribution in [1.82, 2.24) is 5.32 Å². The smallest absolute Gasteiger partial charge is 0.0320 e. The minimum Gasteiger partial charge on any atom is -0.315 e. The van der Waals surface area contributed by atoms with E-state index in [-0.39, 0.29) is 0 Å². The minimum atomic E-state index is 0.852. The molecule has 0 saturated heterocycles. The molecule has 0 amide bonds. The van der Waals surface area contributed by atoms with Crippen LogP contribution in [0, 0.1) is 0 Å². The molecule has 0 unspecified atom stereocenters. The van der Waals surface area contributed by atoms with Crippen LogP contribution in [-0.2, 0) is 6.54 Å². The molecule has 0 spiro atoms. The second-order valence-corrected chi connectivity index (χ2v) is 5.61. The van der Waals surface area contributed by atoms with Gasteiger partial charge in [0.05, 0.1) is 0 Å². The van der Waals surface area contributed by atoms with Crippen LogP contribution in [-0.4, -0.2) is 7.05 Å². The number of hydrogen-bond donors (Lipinski definition) is 1. The van der Waals surface area contributed by atoms with Gasteiger partial charge in [-0.05, 0) is 47.8 Å². The van der Waals surface area contributed by atoms with E-state index in [2.05, 4.69) is 27.3 Å². The summed E-state index contributed by atoms with van der Waals surface area (Å²) in [4.78, 5) is 3.01. The van der Waals surface area contributed by atoms with Gasteiger partial charge in [-0.3, -0.25) is 0 Å². The van der Waals surface area contributed by atoms with Gasteiger partial charge in [0.1, 0.15) is 0 Å². The van der Waals surface area contributed by atoms with E-state index in [1.807, 2.05) is 18.4 Å². The summed E-state index contributed by atoms with van der Waals surface area (Å²) in [5, 5.41) is 3.19. The van der Waals surface area contributed by atoms with Crippen molar-refractivity contribution in [2.24, 2.45) is 0 Å². The van der Waals surface area contributed by atoms with Crippen LogP contribution in [0.3, 0.4) is 0 Å². The molecule has 0 aromatic carbocycles. The van der Waals surface area contributed by atoms with Crippen LogP contribution in [0.4, 0.5) is 0 Å². The number of nitrogens with one attached hydrogen (secondary N) is 1. The average molecular weight is 260 g/mol. The third kappa shape index (κ3) is 1.97. The largest absolute Gasteiger partial charge is 0.315 e. The molecule has 1 aliphatic carbocycles. The summed E-state index contributed by atoms with van der Waals surface area (Å²) in [6, 6.07) is 2.26. The Morgan fingerprint density at radius 3 is 2.92 bits per heavy atom. The lowest BCUT2D eigenvalue weighted by molar-refractivity contribution is 0.424. The lowest BCUT2D eigenvalue weighted by atomic mass is 9.84. The lowest BCUT2D eigenvalue weighted by Gasteiger charge is -2.24. The average Bonchev–Trinajstić information content (AvgIpc) is 2.30. The highest BCUT2D eigenvalue weighted by atomic mass is 79.9. The van der Waals surface area contributed by atoms with E-state index in [9.17, 15) is 0 Å². The van der Waals surface area contributed by atoms with Crippen LogP contribution in [0.25, 0.3) is 0 Å². The number of hydrogen-bond acceptors (Lipinski definition) is 2. The van der Waals surface area contributed by atoms with Crippen LogP contribution in [0.15, 0.2) is 10.5 Å². The zero-order valence-corrected chi connectivity index (χ0v) is 10.2. The van der Waals surface area contributed by atoms with E-state index in [0.717, 1.165) is 12.5 Å². The lowest BCUT2D eigenvalue weighted by Crippen LogP contribution is -2.07. The zero-order chi connectivity index (χ0) is 9.26. The number of halogens is 1. The van der Waals surface area contributed by atoms with Crippen molar-refractivity contribution in [1.29, 1.82) is 0 Å². The fourth-order valence-electron chi connectivity index (χ4n) is 1.64. The topological polar surface area (TPSA) is 12.0 Å². The van der Waals surface area contributed by atoms with Gasteiger partial charge < -0.3 is 5.32 Å². The van der Waals surface area contributed by atoms with Crippen molar-refractivity contribution >= 4 is 27.3 Å². The maximum Gasteiger partial charge on any atom is 0.0320 e. The third-order valence-electron chi connectivity index (χ3n) is 2.59. The molecule has 3 heteroatoms. The molecule has 72 valence electrons. The predicted octanol–water partition coefficient (Wildman–Crippen LogP) is 3.50. The van der Waals surface area contributed by atoms with Crippen LogP contribution in [0.2, 0.25) is 0 Å². The molecule has 0 radical (unpaired) electrons.